The van der Waals surface area contributed by atoms with Crippen molar-refractivity contribution in [2.75, 3.05) is 5.43 Å². The SMILES string of the molecule is CCC(C)C(C)NC(=O)c1cc(Cl)c(NN)c([N+](=O)[O-])c1. The summed E-state index contributed by atoms with van der Waals surface area (Å²) in [6, 6.07) is 2.45. The number of hydrogen-bond acceptors (Lipinski definition) is 5. The van der Waals surface area contributed by atoms with Gasteiger partial charge in [-0.25, -0.2) is 0 Å². The number of nitrogens with zero attached hydrogens (tertiary/aromatic N) is 1. The number of rotatable bonds is 6. The monoisotopic (exact) mass is 314 g/mol. The Hall–Kier alpha value is -1.86. The quantitative estimate of drug-likeness (QED) is 0.425. The van der Waals surface area contributed by atoms with Crippen LogP contribution in [0.2, 0.25) is 5.02 Å². The average molecular weight is 315 g/mol. The largest absolute Gasteiger partial charge is 0.349 e. The van der Waals surface area contributed by atoms with Crippen LogP contribution in [0.15, 0.2) is 12.1 Å². The standard InChI is InChI=1S/C13H19ClN4O3/c1-4-7(2)8(3)16-13(19)9-5-10(14)12(17-15)11(6-9)18(20)21/h5-8,17H,4,15H2,1-3H3,(H,16,19). The lowest BCUT2D eigenvalue weighted by Gasteiger charge is -2.20. The summed E-state index contributed by atoms with van der Waals surface area (Å²) in [7, 11) is 0. The van der Waals surface area contributed by atoms with Crippen molar-refractivity contribution >= 4 is 28.9 Å². The number of benzene rings is 1. The van der Waals surface area contributed by atoms with Crippen LogP contribution < -0.4 is 16.6 Å². The van der Waals surface area contributed by atoms with Crippen LogP contribution in [0, 0.1) is 16.0 Å². The first-order chi connectivity index (χ1) is 9.81. The molecule has 1 amide bonds. The summed E-state index contributed by atoms with van der Waals surface area (Å²) in [4.78, 5) is 22.5. The highest BCUT2D eigenvalue weighted by Gasteiger charge is 2.22. The zero-order valence-corrected chi connectivity index (χ0v) is 12.9. The van der Waals surface area contributed by atoms with Crippen LogP contribution in [0.25, 0.3) is 0 Å². The van der Waals surface area contributed by atoms with E-state index in [2.05, 4.69) is 10.7 Å². The maximum Gasteiger partial charge on any atom is 0.295 e. The Labute approximate surface area is 128 Å². The summed E-state index contributed by atoms with van der Waals surface area (Å²) in [6.45, 7) is 5.93. The number of nitrogen functional groups attached to an aromatic ring is 1. The van der Waals surface area contributed by atoms with Gasteiger partial charge in [0.25, 0.3) is 11.6 Å². The van der Waals surface area contributed by atoms with Gasteiger partial charge in [-0.15, -0.1) is 0 Å². The molecule has 8 heteroatoms. The van der Waals surface area contributed by atoms with Gasteiger partial charge in [-0.05, 0) is 18.9 Å². The van der Waals surface area contributed by atoms with Crippen LogP contribution >= 0.6 is 11.6 Å². The van der Waals surface area contributed by atoms with Crippen molar-refractivity contribution < 1.29 is 9.72 Å². The molecule has 0 aliphatic heterocycles. The lowest BCUT2D eigenvalue weighted by atomic mass is 10.0. The number of nitrogens with one attached hydrogen (secondary N) is 2. The van der Waals surface area contributed by atoms with Gasteiger partial charge in [-0.1, -0.05) is 31.9 Å². The average Bonchev–Trinajstić information content (AvgIpc) is 2.44. The second-order valence-electron chi connectivity index (χ2n) is 4.90. The predicted octanol–water partition coefficient (Wildman–Crippen LogP) is 2.70. The number of anilines is 1. The molecule has 0 spiro atoms. The number of halogens is 1. The predicted molar refractivity (Wildman–Crippen MR) is 82.3 cm³/mol. The number of nitro groups is 1. The van der Waals surface area contributed by atoms with E-state index in [0.29, 0.717) is 5.92 Å². The van der Waals surface area contributed by atoms with Crippen molar-refractivity contribution in [3.05, 3.63) is 32.8 Å². The summed E-state index contributed by atoms with van der Waals surface area (Å²) in [5.41, 5.74) is 1.94. The van der Waals surface area contributed by atoms with Crippen molar-refractivity contribution in [1.29, 1.82) is 0 Å². The number of carbonyl (C=O) groups excluding carboxylic acids is 1. The van der Waals surface area contributed by atoms with Gasteiger partial charge in [-0.2, -0.15) is 0 Å². The molecule has 0 saturated carbocycles. The fourth-order valence-corrected chi connectivity index (χ4v) is 2.06. The Bertz CT molecular complexity index is 550. The van der Waals surface area contributed by atoms with Gasteiger partial charge >= 0.3 is 0 Å². The minimum absolute atomic E-state index is 0.0202. The van der Waals surface area contributed by atoms with E-state index in [1.54, 1.807) is 0 Å². The van der Waals surface area contributed by atoms with Gasteiger partial charge in [0.05, 0.1) is 9.95 Å². The van der Waals surface area contributed by atoms with E-state index in [1.165, 1.54) is 6.07 Å². The lowest BCUT2D eigenvalue weighted by molar-refractivity contribution is -0.384. The first-order valence-corrected chi connectivity index (χ1v) is 6.95. The van der Waals surface area contributed by atoms with E-state index >= 15 is 0 Å². The van der Waals surface area contributed by atoms with Gasteiger partial charge in [-0.3, -0.25) is 20.8 Å². The maximum absolute atomic E-state index is 12.2. The molecule has 116 valence electrons. The van der Waals surface area contributed by atoms with E-state index < -0.39 is 10.8 Å². The fraction of sp³-hybridized carbons (Fsp3) is 0.462. The summed E-state index contributed by atoms with van der Waals surface area (Å²) in [5.74, 6) is 5.10. The highest BCUT2D eigenvalue weighted by atomic mass is 35.5. The number of hydrazine groups is 1. The molecule has 2 unspecified atom stereocenters. The Morgan fingerprint density at radius 3 is 2.57 bits per heavy atom. The van der Waals surface area contributed by atoms with Crippen molar-refractivity contribution in [2.45, 2.75) is 33.2 Å². The first kappa shape index (κ1) is 17.2. The summed E-state index contributed by atoms with van der Waals surface area (Å²) in [5, 5.41) is 13.8. The van der Waals surface area contributed by atoms with Crippen molar-refractivity contribution in [1.82, 2.24) is 5.32 Å². The normalized spacial score (nSPS) is 13.4. The van der Waals surface area contributed by atoms with Crippen molar-refractivity contribution in [3.8, 4) is 0 Å². The van der Waals surface area contributed by atoms with Gasteiger partial charge in [0, 0.05) is 17.7 Å². The molecule has 7 nitrogen and oxygen atoms in total. The Balaban J connectivity index is 3.09. The molecule has 21 heavy (non-hydrogen) atoms. The minimum Gasteiger partial charge on any atom is -0.349 e. The summed E-state index contributed by atoms with van der Waals surface area (Å²) in [6.07, 6.45) is 0.915. The summed E-state index contributed by atoms with van der Waals surface area (Å²) < 4.78 is 0. The van der Waals surface area contributed by atoms with Crippen LogP contribution in [0.3, 0.4) is 0 Å². The van der Waals surface area contributed by atoms with Crippen LogP contribution in [0.1, 0.15) is 37.6 Å². The van der Waals surface area contributed by atoms with E-state index in [4.69, 9.17) is 17.4 Å². The summed E-state index contributed by atoms with van der Waals surface area (Å²) >= 11 is 5.92. The minimum atomic E-state index is -0.643. The Morgan fingerprint density at radius 2 is 2.10 bits per heavy atom. The highest BCUT2D eigenvalue weighted by molar-refractivity contribution is 6.34. The zero-order valence-electron chi connectivity index (χ0n) is 12.1. The van der Waals surface area contributed by atoms with Gasteiger partial charge in [0.1, 0.15) is 5.69 Å². The van der Waals surface area contributed by atoms with Crippen molar-refractivity contribution in [3.63, 3.8) is 0 Å². The Morgan fingerprint density at radius 1 is 1.48 bits per heavy atom. The molecular weight excluding hydrogens is 296 g/mol. The number of nitrogens with two attached hydrogens (primary N) is 1. The van der Waals surface area contributed by atoms with Gasteiger partial charge in [0.2, 0.25) is 0 Å². The van der Waals surface area contributed by atoms with Crippen LogP contribution in [-0.2, 0) is 0 Å². The molecule has 0 saturated heterocycles. The van der Waals surface area contributed by atoms with E-state index in [0.717, 1.165) is 12.5 Å². The lowest BCUT2D eigenvalue weighted by Crippen LogP contribution is -2.36. The fourth-order valence-electron chi connectivity index (χ4n) is 1.80. The molecule has 1 aromatic carbocycles. The molecule has 1 aromatic rings. The van der Waals surface area contributed by atoms with Crippen LogP contribution in [0.4, 0.5) is 11.4 Å². The maximum atomic E-state index is 12.2. The van der Waals surface area contributed by atoms with Crippen molar-refractivity contribution in [2.24, 2.45) is 11.8 Å². The molecule has 0 radical (unpaired) electrons. The number of nitro benzene ring substituents is 1. The number of amides is 1. The molecule has 0 bridgehead atoms. The number of hydrogen-bond donors (Lipinski definition) is 3. The molecule has 4 N–H and O–H groups in total. The highest BCUT2D eigenvalue weighted by Crippen LogP contribution is 2.33. The zero-order chi connectivity index (χ0) is 16.2. The first-order valence-electron chi connectivity index (χ1n) is 6.57. The van der Waals surface area contributed by atoms with E-state index in [9.17, 15) is 14.9 Å². The second-order valence-corrected chi connectivity index (χ2v) is 5.31. The second kappa shape index (κ2) is 7.24. The molecule has 0 aliphatic rings. The van der Waals surface area contributed by atoms with E-state index in [-0.39, 0.29) is 28.0 Å². The molecule has 1 rings (SSSR count). The van der Waals surface area contributed by atoms with E-state index in [1.807, 2.05) is 20.8 Å². The number of carbonyl (C=O) groups is 1. The topological polar surface area (TPSA) is 110 Å². The van der Waals surface area contributed by atoms with Crippen LogP contribution in [-0.4, -0.2) is 16.9 Å². The third-order valence-corrected chi connectivity index (χ3v) is 3.83. The van der Waals surface area contributed by atoms with Gasteiger partial charge in [0.15, 0.2) is 0 Å². The van der Waals surface area contributed by atoms with Gasteiger partial charge < -0.3 is 10.7 Å². The molecule has 0 aromatic heterocycles. The Kier molecular flexibility index (Phi) is 5.92. The third kappa shape index (κ3) is 4.05. The molecular formula is C13H19ClN4O3. The van der Waals surface area contributed by atoms with Crippen LogP contribution in [0.5, 0.6) is 0 Å². The molecule has 2 atom stereocenters. The molecule has 0 fully saturated rings. The smallest absolute Gasteiger partial charge is 0.295 e. The third-order valence-electron chi connectivity index (χ3n) is 3.53. The molecule has 0 heterocycles. The molecule has 0 aliphatic carbocycles.